The second-order valence-corrected chi connectivity index (χ2v) is 5.18. The summed E-state index contributed by atoms with van der Waals surface area (Å²) in [6.45, 7) is 3.40. The third-order valence-corrected chi connectivity index (χ3v) is 3.60. The summed E-state index contributed by atoms with van der Waals surface area (Å²) in [5.41, 5.74) is 6.20. The van der Waals surface area contributed by atoms with Gasteiger partial charge in [0.2, 0.25) is 0 Å². The van der Waals surface area contributed by atoms with Crippen LogP contribution >= 0.6 is 0 Å². The van der Waals surface area contributed by atoms with Crippen LogP contribution in [0, 0.1) is 0 Å². The molecule has 1 aliphatic rings. The van der Waals surface area contributed by atoms with E-state index in [1.165, 1.54) is 0 Å². The highest BCUT2D eigenvalue weighted by atomic mass is 16.3. The fraction of sp³-hybridized carbons (Fsp3) is 0.692. The van der Waals surface area contributed by atoms with Gasteiger partial charge in [-0.05, 0) is 32.6 Å². The molecule has 0 spiro atoms. The minimum absolute atomic E-state index is 0.181. The number of hydrogen-bond acceptors (Lipinski definition) is 4. The topological polar surface area (TPSA) is 45.6 Å². The molecule has 0 radical (unpaired) electrons. The van der Waals surface area contributed by atoms with E-state index in [0.29, 0.717) is 6.04 Å². The summed E-state index contributed by atoms with van der Waals surface area (Å²) in [6, 6.07) is 4.66. The van der Waals surface area contributed by atoms with Gasteiger partial charge in [0.25, 0.3) is 0 Å². The first kappa shape index (κ1) is 12.6. The number of furan rings is 1. The number of nitrogens with zero attached hydrogens (tertiary/aromatic N) is 2. The Kier molecular flexibility index (Phi) is 4.20. The fourth-order valence-corrected chi connectivity index (χ4v) is 2.48. The average molecular weight is 237 g/mol. The van der Waals surface area contributed by atoms with Gasteiger partial charge in [-0.3, -0.25) is 0 Å². The van der Waals surface area contributed by atoms with E-state index in [1.807, 2.05) is 12.1 Å². The lowest BCUT2D eigenvalue weighted by Crippen LogP contribution is -2.51. The Bertz CT molecular complexity index is 325. The first-order valence-corrected chi connectivity index (χ1v) is 6.32. The smallest absolute Gasteiger partial charge is 0.105 e. The molecule has 2 atom stereocenters. The van der Waals surface area contributed by atoms with Crippen molar-refractivity contribution in [2.75, 3.05) is 33.7 Å². The number of piperazine rings is 1. The zero-order valence-corrected chi connectivity index (χ0v) is 10.8. The Morgan fingerprint density at radius 3 is 3.00 bits per heavy atom. The lowest BCUT2D eigenvalue weighted by atomic mass is 10.0. The summed E-state index contributed by atoms with van der Waals surface area (Å²) < 4.78 is 5.34. The van der Waals surface area contributed by atoms with Crippen LogP contribution in [0.4, 0.5) is 0 Å². The van der Waals surface area contributed by atoms with E-state index in [4.69, 9.17) is 10.2 Å². The lowest BCUT2D eigenvalue weighted by molar-refractivity contribution is 0.104. The first-order chi connectivity index (χ1) is 8.15. The molecule has 96 valence electrons. The Morgan fingerprint density at radius 1 is 1.47 bits per heavy atom. The molecule has 0 aromatic carbocycles. The van der Waals surface area contributed by atoms with E-state index in [-0.39, 0.29) is 6.04 Å². The van der Waals surface area contributed by atoms with Crippen LogP contribution in [-0.2, 0) is 6.42 Å². The van der Waals surface area contributed by atoms with Crippen LogP contribution in [0.15, 0.2) is 22.8 Å². The largest absolute Gasteiger partial charge is 0.469 e. The molecule has 2 heterocycles. The average Bonchev–Trinajstić information content (AvgIpc) is 2.76. The van der Waals surface area contributed by atoms with Crippen LogP contribution < -0.4 is 5.73 Å². The predicted molar refractivity (Wildman–Crippen MR) is 68.9 cm³/mol. The lowest BCUT2D eigenvalue weighted by Gasteiger charge is -2.38. The zero-order chi connectivity index (χ0) is 12.3. The van der Waals surface area contributed by atoms with Crippen LogP contribution in [0.3, 0.4) is 0 Å². The van der Waals surface area contributed by atoms with Gasteiger partial charge >= 0.3 is 0 Å². The summed E-state index contributed by atoms with van der Waals surface area (Å²) in [5, 5.41) is 0. The minimum Gasteiger partial charge on any atom is -0.469 e. The van der Waals surface area contributed by atoms with E-state index in [1.54, 1.807) is 6.26 Å². The Morgan fingerprint density at radius 2 is 2.29 bits per heavy atom. The molecular weight excluding hydrogens is 214 g/mol. The molecule has 2 unspecified atom stereocenters. The molecular formula is C13H23N3O. The molecule has 1 aromatic heterocycles. The summed E-state index contributed by atoms with van der Waals surface area (Å²) in [6.07, 6.45) is 3.57. The van der Waals surface area contributed by atoms with Crippen molar-refractivity contribution in [2.24, 2.45) is 5.73 Å². The molecule has 2 N–H and O–H groups in total. The number of likely N-dealkylation sites (N-methyl/N-ethyl adjacent to an activating group) is 2. The maximum Gasteiger partial charge on any atom is 0.105 e. The predicted octanol–water partition coefficient (Wildman–Crippen LogP) is 0.785. The summed E-state index contributed by atoms with van der Waals surface area (Å²) >= 11 is 0. The van der Waals surface area contributed by atoms with E-state index in [0.717, 1.165) is 38.2 Å². The van der Waals surface area contributed by atoms with Gasteiger partial charge in [-0.15, -0.1) is 0 Å². The second kappa shape index (κ2) is 5.67. The van der Waals surface area contributed by atoms with Gasteiger partial charge in [0, 0.05) is 38.1 Å². The van der Waals surface area contributed by atoms with E-state index in [9.17, 15) is 0 Å². The van der Waals surface area contributed by atoms with Gasteiger partial charge in [-0.1, -0.05) is 0 Å². The Hall–Kier alpha value is -0.840. The highest BCUT2D eigenvalue weighted by molar-refractivity contribution is 5.00. The van der Waals surface area contributed by atoms with Crippen molar-refractivity contribution in [3.8, 4) is 0 Å². The quantitative estimate of drug-likeness (QED) is 0.841. The summed E-state index contributed by atoms with van der Waals surface area (Å²) in [5.74, 6) is 0.990. The Balaban J connectivity index is 1.82. The first-order valence-electron chi connectivity index (χ1n) is 6.32. The summed E-state index contributed by atoms with van der Waals surface area (Å²) in [4.78, 5) is 4.80. The molecule has 4 heteroatoms. The third kappa shape index (κ3) is 3.56. The number of hydrogen-bond donors (Lipinski definition) is 1. The van der Waals surface area contributed by atoms with Crippen molar-refractivity contribution in [3.63, 3.8) is 0 Å². The zero-order valence-electron chi connectivity index (χ0n) is 10.8. The van der Waals surface area contributed by atoms with Gasteiger partial charge in [-0.2, -0.15) is 0 Å². The summed E-state index contributed by atoms with van der Waals surface area (Å²) in [7, 11) is 4.37. The van der Waals surface area contributed by atoms with E-state index in [2.05, 4.69) is 23.9 Å². The SMILES string of the molecule is CN1CCN(C)C(CC(N)Cc2ccco2)C1. The van der Waals surface area contributed by atoms with Gasteiger partial charge in [0.05, 0.1) is 6.26 Å². The molecule has 4 nitrogen and oxygen atoms in total. The van der Waals surface area contributed by atoms with Crippen LogP contribution in [0.1, 0.15) is 12.2 Å². The standard InChI is InChI=1S/C13H23N3O/c1-15-5-6-16(2)12(10-15)8-11(14)9-13-4-3-7-17-13/h3-4,7,11-12H,5-6,8-10,14H2,1-2H3. The van der Waals surface area contributed by atoms with Gasteiger partial charge in [0.15, 0.2) is 0 Å². The van der Waals surface area contributed by atoms with Crippen LogP contribution in [0.25, 0.3) is 0 Å². The normalized spacial score (nSPS) is 25.0. The molecule has 1 aromatic rings. The minimum atomic E-state index is 0.181. The molecule has 1 aliphatic heterocycles. The molecule has 0 aliphatic carbocycles. The van der Waals surface area contributed by atoms with Crippen molar-refractivity contribution < 1.29 is 4.42 Å². The maximum atomic E-state index is 6.20. The van der Waals surface area contributed by atoms with Crippen molar-refractivity contribution in [3.05, 3.63) is 24.2 Å². The molecule has 2 rings (SSSR count). The van der Waals surface area contributed by atoms with E-state index < -0.39 is 0 Å². The molecule has 1 saturated heterocycles. The monoisotopic (exact) mass is 237 g/mol. The number of rotatable bonds is 4. The molecule has 0 amide bonds. The molecule has 1 fully saturated rings. The van der Waals surface area contributed by atoms with Gasteiger partial charge in [-0.25, -0.2) is 0 Å². The van der Waals surface area contributed by atoms with E-state index >= 15 is 0 Å². The Labute approximate surface area is 103 Å². The van der Waals surface area contributed by atoms with Crippen LogP contribution in [0.5, 0.6) is 0 Å². The molecule has 17 heavy (non-hydrogen) atoms. The van der Waals surface area contributed by atoms with Crippen molar-refractivity contribution in [2.45, 2.75) is 24.9 Å². The van der Waals surface area contributed by atoms with Crippen molar-refractivity contribution in [1.29, 1.82) is 0 Å². The second-order valence-electron chi connectivity index (χ2n) is 5.18. The third-order valence-electron chi connectivity index (χ3n) is 3.60. The van der Waals surface area contributed by atoms with Gasteiger partial charge < -0.3 is 20.0 Å². The molecule has 0 bridgehead atoms. The molecule has 0 saturated carbocycles. The maximum absolute atomic E-state index is 6.20. The fourth-order valence-electron chi connectivity index (χ4n) is 2.48. The van der Waals surface area contributed by atoms with Crippen molar-refractivity contribution in [1.82, 2.24) is 9.80 Å². The van der Waals surface area contributed by atoms with Crippen LogP contribution in [-0.4, -0.2) is 55.6 Å². The highest BCUT2D eigenvalue weighted by Crippen LogP contribution is 2.13. The highest BCUT2D eigenvalue weighted by Gasteiger charge is 2.24. The number of nitrogens with two attached hydrogens (primary N) is 1. The van der Waals surface area contributed by atoms with Gasteiger partial charge in [0.1, 0.15) is 5.76 Å². The van der Waals surface area contributed by atoms with Crippen LogP contribution in [0.2, 0.25) is 0 Å². The van der Waals surface area contributed by atoms with Crippen molar-refractivity contribution >= 4 is 0 Å².